The van der Waals surface area contributed by atoms with Gasteiger partial charge in [0.25, 0.3) is 0 Å². The molecule has 5 nitrogen and oxygen atoms in total. The fraction of sp³-hybridized carbons (Fsp3) is 0.316. The van der Waals surface area contributed by atoms with Crippen molar-refractivity contribution in [3.63, 3.8) is 0 Å². The molecule has 0 atom stereocenters. The zero-order valence-corrected chi connectivity index (χ0v) is 14.8. The Morgan fingerprint density at radius 1 is 1.28 bits per heavy atom. The average Bonchev–Trinajstić information content (AvgIpc) is 2.54. The van der Waals surface area contributed by atoms with Crippen molar-refractivity contribution in [3.8, 4) is 0 Å². The summed E-state index contributed by atoms with van der Waals surface area (Å²) in [6, 6.07) is 7.64. The number of allylic oxidation sites excluding steroid dienone is 1. The number of hydrogen-bond acceptors (Lipinski definition) is 5. The van der Waals surface area contributed by atoms with Crippen molar-refractivity contribution in [1.82, 2.24) is 9.97 Å². The lowest BCUT2D eigenvalue weighted by atomic mass is 10.0. The largest absolute Gasteiger partial charge is 0.461 e. The number of nitrogens with two attached hydrogens (primary N) is 1. The molecule has 0 saturated heterocycles. The van der Waals surface area contributed by atoms with Crippen LogP contribution >= 0.6 is 0 Å². The monoisotopic (exact) mass is 343 g/mol. The van der Waals surface area contributed by atoms with E-state index in [-0.39, 0.29) is 29.9 Å². The van der Waals surface area contributed by atoms with Crippen molar-refractivity contribution in [1.29, 1.82) is 0 Å². The van der Waals surface area contributed by atoms with Crippen LogP contribution in [0, 0.1) is 5.82 Å². The van der Waals surface area contributed by atoms with Crippen LogP contribution in [-0.4, -0.2) is 22.5 Å². The molecule has 0 aliphatic carbocycles. The smallest absolute Gasteiger partial charge is 0.357 e. The number of ether oxygens (including phenoxy) is 1. The standard InChI is InChI=1S/C19H22FN3O2/c1-5-25-19(24)16-10-15(11(2)3)22-18(23-16)17(12(4)21)13-7-6-8-14(20)9-13/h6-11H,5,21H2,1-4H3. The Kier molecular flexibility index (Phi) is 5.85. The van der Waals surface area contributed by atoms with Crippen LogP contribution in [0.25, 0.3) is 5.57 Å². The second-order valence-corrected chi connectivity index (χ2v) is 5.95. The molecule has 2 aromatic rings. The van der Waals surface area contributed by atoms with Gasteiger partial charge in [-0.3, -0.25) is 0 Å². The first-order chi connectivity index (χ1) is 11.8. The fourth-order valence-electron chi connectivity index (χ4n) is 2.36. The summed E-state index contributed by atoms with van der Waals surface area (Å²) in [6.07, 6.45) is 0. The minimum absolute atomic E-state index is 0.0711. The molecule has 6 heteroatoms. The van der Waals surface area contributed by atoms with Gasteiger partial charge in [-0.25, -0.2) is 19.2 Å². The summed E-state index contributed by atoms with van der Waals surface area (Å²) in [6.45, 7) is 7.59. The molecule has 2 N–H and O–H groups in total. The quantitative estimate of drug-likeness (QED) is 0.838. The van der Waals surface area contributed by atoms with Crippen molar-refractivity contribution < 1.29 is 13.9 Å². The van der Waals surface area contributed by atoms with Gasteiger partial charge in [-0.1, -0.05) is 26.0 Å². The molecule has 0 saturated carbocycles. The fourth-order valence-corrected chi connectivity index (χ4v) is 2.36. The number of aromatic nitrogens is 2. The van der Waals surface area contributed by atoms with E-state index in [0.717, 1.165) is 0 Å². The van der Waals surface area contributed by atoms with Gasteiger partial charge in [-0.15, -0.1) is 0 Å². The highest BCUT2D eigenvalue weighted by Gasteiger charge is 2.19. The average molecular weight is 343 g/mol. The molecule has 0 unspecified atom stereocenters. The maximum absolute atomic E-state index is 13.6. The molecular weight excluding hydrogens is 321 g/mol. The van der Waals surface area contributed by atoms with Gasteiger partial charge in [0.1, 0.15) is 5.82 Å². The van der Waals surface area contributed by atoms with E-state index in [1.54, 1.807) is 32.0 Å². The SMILES string of the molecule is CCOC(=O)c1cc(C(C)C)nc(C(=C(C)N)c2cccc(F)c2)n1. The molecule has 25 heavy (non-hydrogen) atoms. The Bertz CT molecular complexity index is 812. The first kappa shape index (κ1) is 18.6. The van der Waals surface area contributed by atoms with E-state index in [2.05, 4.69) is 9.97 Å². The van der Waals surface area contributed by atoms with E-state index in [4.69, 9.17) is 10.5 Å². The molecule has 132 valence electrons. The van der Waals surface area contributed by atoms with Crippen LogP contribution in [0.1, 0.15) is 61.2 Å². The molecule has 0 amide bonds. The summed E-state index contributed by atoms with van der Waals surface area (Å²) >= 11 is 0. The minimum atomic E-state index is -0.527. The number of nitrogens with zero attached hydrogens (tertiary/aromatic N) is 2. The molecule has 1 aromatic carbocycles. The lowest BCUT2D eigenvalue weighted by Gasteiger charge is -2.14. The Balaban J connectivity index is 2.65. The van der Waals surface area contributed by atoms with Gasteiger partial charge in [0.15, 0.2) is 11.5 Å². The van der Waals surface area contributed by atoms with Crippen LogP contribution in [0.4, 0.5) is 4.39 Å². The third-order valence-corrected chi connectivity index (χ3v) is 3.55. The summed E-state index contributed by atoms with van der Waals surface area (Å²) in [7, 11) is 0. The Morgan fingerprint density at radius 3 is 2.56 bits per heavy atom. The molecule has 2 rings (SSSR count). The number of carbonyl (C=O) groups is 1. The van der Waals surface area contributed by atoms with Gasteiger partial charge in [0.05, 0.1) is 6.61 Å². The topological polar surface area (TPSA) is 78.1 Å². The van der Waals surface area contributed by atoms with Gasteiger partial charge in [0, 0.05) is 17.0 Å². The van der Waals surface area contributed by atoms with Gasteiger partial charge < -0.3 is 10.5 Å². The molecule has 1 aromatic heterocycles. The van der Waals surface area contributed by atoms with Gasteiger partial charge in [0.2, 0.25) is 0 Å². The molecule has 0 bridgehead atoms. The van der Waals surface area contributed by atoms with Crippen molar-refractivity contribution in [2.75, 3.05) is 6.61 Å². The highest BCUT2D eigenvalue weighted by molar-refractivity contribution is 5.88. The van der Waals surface area contributed by atoms with Crippen LogP contribution in [-0.2, 0) is 4.74 Å². The maximum Gasteiger partial charge on any atom is 0.357 e. The first-order valence-electron chi connectivity index (χ1n) is 8.12. The summed E-state index contributed by atoms with van der Waals surface area (Å²) in [5.41, 5.74) is 8.34. The Morgan fingerprint density at radius 2 is 2.00 bits per heavy atom. The molecule has 0 fully saturated rings. The minimum Gasteiger partial charge on any atom is -0.461 e. The van der Waals surface area contributed by atoms with Crippen LogP contribution in [0.5, 0.6) is 0 Å². The number of halogens is 1. The van der Waals surface area contributed by atoms with Crippen LogP contribution in [0.15, 0.2) is 36.0 Å². The molecule has 0 radical (unpaired) electrons. The van der Waals surface area contributed by atoms with E-state index < -0.39 is 5.97 Å². The van der Waals surface area contributed by atoms with E-state index in [9.17, 15) is 9.18 Å². The predicted octanol–water partition coefficient (Wildman–Crippen LogP) is 3.65. The highest BCUT2D eigenvalue weighted by Crippen LogP contribution is 2.25. The van der Waals surface area contributed by atoms with Crippen LogP contribution in [0.3, 0.4) is 0 Å². The van der Waals surface area contributed by atoms with Crippen molar-refractivity contribution in [2.24, 2.45) is 5.73 Å². The number of esters is 1. The molecule has 0 aliphatic rings. The molecule has 1 heterocycles. The van der Waals surface area contributed by atoms with Crippen LogP contribution in [0.2, 0.25) is 0 Å². The maximum atomic E-state index is 13.6. The molecule has 0 aliphatic heterocycles. The second-order valence-electron chi connectivity index (χ2n) is 5.95. The van der Waals surface area contributed by atoms with Gasteiger partial charge >= 0.3 is 5.97 Å². The number of rotatable bonds is 5. The first-order valence-corrected chi connectivity index (χ1v) is 8.12. The third kappa shape index (κ3) is 4.41. The predicted molar refractivity (Wildman–Crippen MR) is 94.4 cm³/mol. The van der Waals surface area contributed by atoms with Gasteiger partial charge in [-0.05, 0) is 43.5 Å². The number of hydrogen-bond donors (Lipinski definition) is 1. The lowest BCUT2D eigenvalue weighted by molar-refractivity contribution is 0.0519. The summed E-state index contributed by atoms with van der Waals surface area (Å²) in [4.78, 5) is 21.0. The lowest BCUT2D eigenvalue weighted by Crippen LogP contribution is -2.13. The Hall–Kier alpha value is -2.76. The summed E-state index contributed by atoms with van der Waals surface area (Å²) < 4.78 is 18.7. The van der Waals surface area contributed by atoms with E-state index in [1.165, 1.54) is 12.1 Å². The zero-order valence-electron chi connectivity index (χ0n) is 14.8. The third-order valence-electron chi connectivity index (χ3n) is 3.55. The zero-order chi connectivity index (χ0) is 18.6. The summed E-state index contributed by atoms with van der Waals surface area (Å²) in [5.74, 6) is -0.565. The van der Waals surface area contributed by atoms with Crippen LogP contribution < -0.4 is 5.73 Å². The Labute approximate surface area is 146 Å². The highest BCUT2D eigenvalue weighted by atomic mass is 19.1. The normalized spacial score (nSPS) is 12.1. The van der Waals surface area contributed by atoms with Crippen molar-refractivity contribution in [3.05, 3.63) is 64.6 Å². The van der Waals surface area contributed by atoms with E-state index >= 15 is 0 Å². The summed E-state index contributed by atoms with van der Waals surface area (Å²) in [5, 5.41) is 0. The number of carbonyl (C=O) groups excluding carboxylic acids is 1. The molecular formula is C19H22FN3O2. The van der Waals surface area contributed by atoms with E-state index in [1.807, 2.05) is 13.8 Å². The van der Waals surface area contributed by atoms with E-state index in [0.29, 0.717) is 22.5 Å². The van der Waals surface area contributed by atoms with Crippen molar-refractivity contribution >= 4 is 11.5 Å². The van der Waals surface area contributed by atoms with Crippen molar-refractivity contribution in [2.45, 2.75) is 33.6 Å². The second kappa shape index (κ2) is 7.88. The number of benzene rings is 1. The molecule has 0 spiro atoms. The van der Waals surface area contributed by atoms with Gasteiger partial charge in [-0.2, -0.15) is 0 Å².